The molecular weight excluding hydrogens is 376 g/mol. The van der Waals surface area contributed by atoms with Gasteiger partial charge in [-0.2, -0.15) is 5.10 Å². The van der Waals surface area contributed by atoms with Crippen molar-refractivity contribution in [2.45, 2.75) is 13.3 Å². The molecule has 0 saturated heterocycles. The number of hydrogen-bond acceptors (Lipinski definition) is 3. The number of aromatic nitrogens is 4. The predicted molar refractivity (Wildman–Crippen MR) is 86.7 cm³/mol. The second-order valence-electron chi connectivity index (χ2n) is 5.60. The monoisotopic (exact) mass is 384 g/mol. The summed E-state index contributed by atoms with van der Waals surface area (Å²) in [6.07, 6.45) is -0.386. The molecule has 0 radical (unpaired) electrons. The second kappa shape index (κ2) is 5.60. The number of fused-ring (bicyclic) bond motifs is 2. The third kappa shape index (κ3) is 2.64. The molecule has 134 valence electrons. The molecule has 0 amide bonds. The molecule has 0 unspecified atom stereocenters. The van der Waals surface area contributed by atoms with Crippen molar-refractivity contribution in [1.82, 2.24) is 19.6 Å². The van der Waals surface area contributed by atoms with Crippen LogP contribution in [0.1, 0.15) is 5.69 Å². The fraction of sp³-hybridized carbons (Fsp3) is 0.125. The van der Waals surface area contributed by atoms with Gasteiger partial charge in [-0.3, -0.25) is 5.10 Å². The highest BCUT2D eigenvalue weighted by molar-refractivity contribution is 6.35. The third-order valence-corrected chi connectivity index (χ3v) is 4.18. The van der Waals surface area contributed by atoms with Crippen molar-refractivity contribution in [3.05, 3.63) is 47.3 Å². The minimum Gasteiger partial charge on any atom is -0.400 e. The quantitative estimate of drug-likeness (QED) is 0.501. The van der Waals surface area contributed by atoms with E-state index in [2.05, 4.69) is 19.9 Å². The van der Waals surface area contributed by atoms with Gasteiger partial charge in [0, 0.05) is 28.9 Å². The Kier molecular flexibility index (Phi) is 3.58. The summed E-state index contributed by atoms with van der Waals surface area (Å²) in [7, 11) is 0. The van der Waals surface area contributed by atoms with Crippen molar-refractivity contribution in [3.63, 3.8) is 0 Å². The highest BCUT2D eigenvalue weighted by Gasteiger charge is 2.35. The Balaban J connectivity index is 1.99. The second-order valence-corrected chi connectivity index (χ2v) is 5.98. The molecule has 0 aliphatic heterocycles. The van der Waals surface area contributed by atoms with Crippen molar-refractivity contribution in [2.24, 2.45) is 0 Å². The van der Waals surface area contributed by atoms with Crippen LogP contribution in [0.4, 0.5) is 17.6 Å². The van der Waals surface area contributed by atoms with Crippen LogP contribution in [0.15, 0.2) is 30.7 Å². The van der Waals surface area contributed by atoms with E-state index in [1.165, 1.54) is 6.20 Å². The van der Waals surface area contributed by atoms with Gasteiger partial charge in [0.25, 0.3) is 0 Å². The first-order valence-electron chi connectivity index (χ1n) is 7.30. The fourth-order valence-electron chi connectivity index (χ4n) is 2.85. The van der Waals surface area contributed by atoms with Crippen molar-refractivity contribution in [2.75, 3.05) is 0 Å². The molecule has 0 aliphatic carbocycles. The average Bonchev–Trinajstić information content (AvgIpc) is 3.16. The number of rotatable bonds is 2. The summed E-state index contributed by atoms with van der Waals surface area (Å²) in [5.74, 6) is -2.36. The zero-order chi connectivity index (χ0) is 18.6. The molecule has 0 atom stereocenters. The molecule has 26 heavy (non-hydrogen) atoms. The van der Waals surface area contributed by atoms with Crippen LogP contribution in [-0.4, -0.2) is 25.9 Å². The zero-order valence-electron chi connectivity index (χ0n) is 13.0. The van der Waals surface area contributed by atoms with Gasteiger partial charge in [0.05, 0.1) is 16.9 Å². The van der Waals surface area contributed by atoms with E-state index in [9.17, 15) is 17.6 Å². The lowest BCUT2D eigenvalue weighted by Crippen LogP contribution is -2.18. The van der Waals surface area contributed by atoms with Crippen LogP contribution in [-0.2, 0) is 0 Å². The van der Waals surface area contributed by atoms with Gasteiger partial charge in [0.15, 0.2) is 11.6 Å². The summed E-state index contributed by atoms with van der Waals surface area (Å²) >= 11 is 6.07. The summed E-state index contributed by atoms with van der Waals surface area (Å²) in [6, 6.07) is 3.35. The molecule has 0 bridgehead atoms. The van der Waals surface area contributed by atoms with Gasteiger partial charge in [-0.15, -0.1) is 13.2 Å². The lowest BCUT2D eigenvalue weighted by Gasteiger charge is -2.14. The van der Waals surface area contributed by atoms with Crippen molar-refractivity contribution in [1.29, 1.82) is 0 Å². The summed E-state index contributed by atoms with van der Waals surface area (Å²) in [6.45, 7) is 1.82. The van der Waals surface area contributed by atoms with Crippen LogP contribution in [0.2, 0.25) is 5.02 Å². The number of aromatic amines is 1. The van der Waals surface area contributed by atoms with E-state index in [0.29, 0.717) is 11.2 Å². The first kappa shape index (κ1) is 16.6. The number of H-pyrrole nitrogens is 1. The lowest BCUT2D eigenvalue weighted by molar-refractivity contribution is -0.275. The number of nitrogens with one attached hydrogen (secondary N) is 1. The Hall–Kier alpha value is -2.81. The first-order valence-corrected chi connectivity index (χ1v) is 7.68. The number of nitrogens with zero attached hydrogens (tertiary/aromatic N) is 3. The summed E-state index contributed by atoms with van der Waals surface area (Å²) in [5, 5.41) is 5.76. The van der Waals surface area contributed by atoms with Crippen molar-refractivity contribution < 1.29 is 22.3 Å². The van der Waals surface area contributed by atoms with Gasteiger partial charge in [-0.1, -0.05) is 11.6 Å². The minimum absolute atomic E-state index is 0.201. The SMILES string of the molecule is Cc1cn2cc(-c3c(Cl)c(F)c(OC(F)(F)F)c4[nH]ncc34)ccc2n1. The largest absolute Gasteiger partial charge is 0.573 e. The van der Waals surface area contributed by atoms with E-state index in [4.69, 9.17) is 11.6 Å². The Morgan fingerprint density at radius 3 is 2.73 bits per heavy atom. The molecule has 3 aromatic heterocycles. The maximum Gasteiger partial charge on any atom is 0.573 e. The molecule has 1 aromatic carbocycles. The molecule has 10 heteroatoms. The fourth-order valence-corrected chi connectivity index (χ4v) is 3.14. The third-order valence-electron chi connectivity index (χ3n) is 3.83. The molecule has 5 nitrogen and oxygen atoms in total. The molecule has 0 fully saturated rings. The maximum atomic E-state index is 14.6. The summed E-state index contributed by atoms with van der Waals surface area (Å²) in [5.41, 5.74) is 1.91. The van der Waals surface area contributed by atoms with E-state index in [-0.39, 0.29) is 16.5 Å². The van der Waals surface area contributed by atoms with Gasteiger partial charge < -0.3 is 9.14 Å². The highest BCUT2D eigenvalue weighted by Crippen LogP contribution is 2.43. The van der Waals surface area contributed by atoms with Crippen LogP contribution >= 0.6 is 11.6 Å². The molecular formula is C16H9ClF4N4O. The van der Waals surface area contributed by atoms with E-state index in [0.717, 1.165) is 5.69 Å². The first-order chi connectivity index (χ1) is 12.2. The van der Waals surface area contributed by atoms with Gasteiger partial charge in [0.1, 0.15) is 11.2 Å². The summed E-state index contributed by atoms with van der Waals surface area (Å²) < 4.78 is 57.9. The minimum atomic E-state index is -5.07. The standard InChI is InChI=1S/C16H9ClF4N4O/c1-7-5-25-6-8(2-3-10(25)23-7)11-9-4-22-24-14(9)15(13(18)12(11)17)26-16(19,20)21/h2-6H,1H3,(H,22,24). The van der Waals surface area contributed by atoms with Crippen LogP contribution in [0.3, 0.4) is 0 Å². The predicted octanol–water partition coefficient (Wildman–Crippen LogP) is 4.88. The molecule has 4 aromatic rings. The van der Waals surface area contributed by atoms with Crippen LogP contribution in [0, 0.1) is 12.7 Å². The zero-order valence-corrected chi connectivity index (χ0v) is 13.8. The molecule has 0 aliphatic rings. The number of pyridine rings is 1. The Morgan fingerprint density at radius 2 is 2.00 bits per heavy atom. The van der Waals surface area contributed by atoms with Crippen LogP contribution < -0.4 is 4.74 Å². The number of aryl methyl sites for hydroxylation is 1. The van der Waals surface area contributed by atoms with Gasteiger partial charge in [-0.25, -0.2) is 9.37 Å². The summed E-state index contributed by atoms with van der Waals surface area (Å²) in [4.78, 5) is 4.29. The molecule has 4 rings (SSSR count). The Labute approximate surface area is 148 Å². The lowest BCUT2D eigenvalue weighted by atomic mass is 10.0. The topological polar surface area (TPSA) is 55.2 Å². The molecule has 0 saturated carbocycles. The number of halogens is 5. The van der Waals surface area contributed by atoms with Crippen molar-refractivity contribution in [3.8, 4) is 16.9 Å². The average molecular weight is 385 g/mol. The Morgan fingerprint density at radius 1 is 1.23 bits per heavy atom. The van der Waals surface area contributed by atoms with E-state index in [1.54, 1.807) is 28.9 Å². The van der Waals surface area contributed by atoms with Gasteiger partial charge >= 0.3 is 6.36 Å². The maximum absolute atomic E-state index is 14.6. The van der Waals surface area contributed by atoms with Gasteiger partial charge in [0.2, 0.25) is 0 Å². The van der Waals surface area contributed by atoms with Crippen molar-refractivity contribution >= 4 is 28.2 Å². The van der Waals surface area contributed by atoms with Crippen LogP contribution in [0.25, 0.3) is 27.7 Å². The number of alkyl halides is 3. The number of benzene rings is 1. The smallest absolute Gasteiger partial charge is 0.400 e. The number of ether oxygens (including phenoxy) is 1. The number of hydrogen-bond donors (Lipinski definition) is 1. The molecule has 1 N–H and O–H groups in total. The highest BCUT2D eigenvalue weighted by atomic mass is 35.5. The van der Waals surface area contributed by atoms with Gasteiger partial charge in [-0.05, 0) is 19.1 Å². The molecule has 3 heterocycles. The van der Waals surface area contributed by atoms with E-state index in [1.807, 2.05) is 6.92 Å². The Bertz CT molecular complexity index is 1150. The van der Waals surface area contributed by atoms with Crippen LogP contribution in [0.5, 0.6) is 5.75 Å². The van der Waals surface area contributed by atoms with E-state index >= 15 is 0 Å². The number of imidazole rings is 1. The molecule has 0 spiro atoms. The van der Waals surface area contributed by atoms with E-state index < -0.39 is 23.0 Å². The normalized spacial score (nSPS) is 12.2.